The molecule has 0 N–H and O–H groups in total. The van der Waals surface area contributed by atoms with Crippen LogP contribution in [0, 0.1) is 19.7 Å². The molecule has 0 radical (unpaired) electrons. The summed E-state index contributed by atoms with van der Waals surface area (Å²) in [5.41, 5.74) is 27.9. The predicted octanol–water partition coefficient (Wildman–Crippen LogP) is 22.3. The van der Waals surface area contributed by atoms with E-state index in [1.807, 2.05) is 24.3 Å². The highest BCUT2D eigenvalue weighted by Crippen LogP contribution is 2.56. The van der Waals surface area contributed by atoms with Gasteiger partial charge < -0.3 is 9.47 Å². The summed E-state index contributed by atoms with van der Waals surface area (Å²) in [5, 5.41) is 2.44. The first kappa shape index (κ1) is 52.7. The Bertz CT molecular complexity index is 4630. The Hall–Kier alpha value is -10.4. The molecule has 85 heavy (non-hydrogen) atoms. The first-order valence-corrected chi connectivity index (χ1v) is 29.5. The number of fused-ring (bicyclic) bond motifs is 6. The van der Waals surface area contributed by atoms with E-state index < -0.39 is 0 Å². The fourth-order valence-electron chi connectivity index (χ4n) is 13.5. The molecule has 1 aliphatic rings. The Morgan fingerprint density at radius 2 is 0.894 bits per heavy atom. The van der Waals surface area contributed by atoms with Crippen LogP contribution < -0.4 is 4.90 Å². The molecule has 1 aliphatic carbocycles. The molecular formula is C82H63FN2. The van der Waals surface area contributed by atoms with E-state index in [0.717, 1.165) is 69.8 Å². The second kappa shape index (κ2) is 22.1. The molecule has 2 nitrogen and oxygen atoms in total. The van der Waals surface area contributed by atoms with E-state index in [2.05, 4.69) is 285 Å². The predicted molar refractivity (Wildman–Crippen MR) is 358 cm³/mol. The number of rotatable bonds is 15. The lowest BCUT2D eigenvalue weighted by atomic mass is 9.69. The minimum Gasteiger partial charge on any atom is -0.310 e. The summed E-state index contributed by atoms with van der Waals surface area (Å²) in [6.45, 7) is 12.4. The average Bonchev–Trinajstić information content (AvgIpc) is 1.62. The van der Waals surface area contributed by atoms with Gasteiger partial charge in [-0.15, -0.1) is 0 Å². The molecule has 0 bridgehead atoms. The minimum atomic E-state index is -0.386. The summed E-state index contributed by atoms with van der Waals surface area (Å²) in [6, 6.07) is 98.6. The quantitative estimate of drug-likeness (QED) is 0.0993. The Kier molecular flexibility index (Phi) is 13.7. The van der Waals surface area contributed by atoms with Crippen LogP contribution in [0.2, 0.25) is 0 Å². The zero-order valence-corrected chi connectivity index (χ0v) is 47.9. The molecule has 1 unspecified atom stereocenters. The van der Waals surface area contributed by atoms with E-state index in [0.29, 0.717) is 0 Å². The topological polar surface area (TPSA) is 8.17 Å². The van der Waals surface area contributed by atoms with Crippen molar-refractivity contribution in [3.63, 3.8) is 0 Å². The second-order valence-electron chi connectivity index (χ2n) is 22.7. The lowest BCUT2D eigenvalue weighted by molar-refractivity contribution is 0.544. The van der Waals surface area contributed by atoms with Crippen molar-refractivity contribution >= 4 is 51.0 Å². The lowest BCUT2D eigenvalue weighted by Crippen LogP contribution is -2.27. The summed E-state index contributed by atoms with van der Waals surface area (Å²) in [7, 11) is 0. The van der Waals surface area contributed by atoms with Crippen LogP contribution in [0.5, 0.6) is 0 Å². The largest absolute Gasteiger partial charge is 0.310 e. The highest BCUT2D eigenvalue weighted by Gasteiger charge is 2.44. The molecule has 13 aromatic rings. The van der Waals surface area contributed by atoms with Gasteiger partial charge in [0.05, 0.1) is 11.0 Å². The van der Waals surface area contributed by atoms with Gasteiger partial charge >= 0.3 is 0 Å². The van der Waals surface area contributed by atoms with Crippen LogP contribution in [0.15, 0.2) is 286 Å². The number of anilines is 3. The maximum Gasteiger partial charge on any atom is 0.123 e. The number of hydrogen-bond acceptors (Lipinski definition) is 1. The van der Waals surface area contributed by atoms with Crippen molar-refractivity contribution in [3.8, 4) is 61.3 Å². The molecular weight excluding hydrogens is 1030 g/mol. The monoisotopic (exact) mass is 1090 g/mol. The van der Waals surface area contributed by atoms with Crippen molar-refractivity contribution in [2.45, 2.75) is 38.5 Å². The molecule has 0 saturated carbocycles. The summed E-state index contributed by atoms with van der Waals surface area (Å²) < 4.78 is 16.5. The molecule has 1 heterocycles. The molecule has 1 aromatic heterocycles. The molecule has 0 saturated heterocycles. The molecule has 0 fully saturated rings. The summed E-state index contributed by atoms with van der Waals surface area (Å²) in [6.07, 6.45) is 6.70. The van der Waals surface area contributed by atoms with Gasteiger partial charge in [0.1, 0.15) is 5.82 Å². The maximum atomic E-state index is 14.1. The third kappa shape index (κ3) is 9.58. The zero-order valence-electron chi connectivity index (χ0n) is 47.9. The van der Waals surface area contributed by atoms with Crippen molar-refractivity contribution in [3.05, 3.63) is 336 Å². The van der Waals surface area contributed by atoms with E-state index in [4.69, 9.17) is 0 Å². The fraction of sp³-hybridized carbons (Fsp3) is 0.0732. The molecule has 0 amide bonds. The van der Waals surface area contributed by atoms with Gasteiger partial charge in [0.15, 0.2) is 0 Å². The van der Waals surface area contributed by atoms with Crippen molar-refractivity contribution < 1.29 is 4.39 Å². The maximum absolute atomic E-state index is 14.1. The second-order valence-corrected chi connectivity index (χ2v) is 22.7. The fourth-order valence-corrected chi connectivity index (χ4v) is 13.5. The lowest BCUT2D eigenvalue weighted by Gasteiger charge is -2.34. The summed E-state index contributed by atoms with van der Waals surface area (Å²) in [4.78, 5) is 2.39. The normalized spacial score (nSPS) is 13.4. The van der Waals surface area contributed by atoms with Crippen LogP contribution in [0.4, 0.5) is 21.5 Å². The molecule has 0 aliphatic heterocycles. The van der Waals surface area contributed by atoms with Crippen LogP contribution in [0.1, 0.15) is 57.3 Å². The Morgan fingerprint density at radius 3 is 1.53 bits per heavy atom. The van der Waals surface area contributed by atoms with Gasteiger partial charge in [-0.3, -0.25) is 0 Å². The number of benzene rings is 12. The van der Waals surface area contributed by atoms with Gasteiger partial charge in [-0.2, -0.15) is 0 Å². The van der Waals surface area contributed by atoms with Gasteiger partial charge in [0, 0.05) is 38.9 Å². The Balaban J connectivity index is 0.845. The number of aromatic nitrogens is 1. The van der Waals surface area contributed by atoms with E-state index in [-0.39, 0.29) is 11.2 Å². The van der Waals surface area contributed by atoms with Crippen molar-refractivity contribution in [2.75, 3.05) is 4.90 Å². The molecule has 12 aromatic carbocycles. The third-order valence-corrected chi connectivity index (χ3v) is 17.8. The zero-order chi connectivity index (χ0) is 57.6. The third-order valence-electron chi connectivity index (χ3n) is 17.8. The number of halogens is 1. The molecule has 14 rings (SSSR count). The van der Waals surface area contributed by atoms with Crippen LogP contribution >= 0.6 is 0 Å². The smallest absolute Gasteiger partial charge is 0.123 e. The number of hydrogen-bond donors (Lipinski definition) is 0. The van der Waals surface area contributed by atoms with E-state index in [9.17, 15) is 4.39 Å². The molecule has 408 valence electrons. The standard InChI is InChI=1S/C82H63FN2/c1-5-57-23-25-59(26-24-57)16-15-49-82(66-17-9-7-10-18-66)78-22-14-13-21-72(78)73-46-45-71(54-79(73)82)84(69-41-33-61(34-42-69)60-31-39-67(83)40-32-60)70-43-35-63(36-44-70)74-50-56(4)75(51-55(74)3)65-38-48-81-77(53-65)76-52-64(62-29-27-58(6-2)28-30-62)37-47-80(76)85(81)68-19-11-8-12-20-68/h5-14,17-48,50-54H,1-2,15-16,49H2,3-4H3. The van der Waals surface area contributed by atoms with Crippen LogP contribution in [0.3, 0.4) is 0 Å². The van der Waals surface area contributed by atoms with E-state index in [1.54, 1.807) is 0 Å². The highest BCUT2D eigenvalue weighted by molar-refractivity contribution is 6.12. The summed E-state index contributed by atoms with van der Waals surface area (Å²) >= 11 is 0. The molecule has 3 heteroatoms. The van der Waals surface area contributed by atoms with Gasteiger partial charge in [0.25, 0.3) is 0 Å². The number of aryl methyl sites for hydroxylation is 3. The van der Waals surface area contributed by atoms with Crippen LogP contribution in [0.25, 0.3) is 95.3 Å². The Labute approximate surface area is 498 Å². The first-order chi connectivity index (χ1) is 41.7. The van der Waals surface area contributed by atoms with Gasteiger partial charge in [0.2, 0.25) is 0 Å². The number of para-hydroxylation sites is 1. The Morgan fingerprint density at radius 1 is 0.412 bits per heavy atom. The van der Waals surface area contributed by atoms with Crippen molar-refractivity contribution in [1.29, 1.82) is 0 Å². The number of nitrogens with zero attached hydrogens (tertiary/aromatic N) is 2. The van der Waals surface area contributed by atoms with Gasteiger partial charge in [-0.05, 0) is 218 Å². The SMILES string of the molecule is C=Cc1ccc(CCCC2(c3ccccc3)c3ccccc3-c3ccc(N(c4ccc(-c5ccc(F)cc5)cc4)c4ccc(-c5cc(C)c(-c6ccc7c(c6)c6cc(-c8ccc(C=C)cc8)ccc6n7-c6ccccc6)cc5C)cc4)cc32)cc1. The van der Waals surface area contributed by atoms with Crippen molar-refractivity contribution in [2.24, 2.45) is 0 Å². The summed E-state index contributed by atoms with van der Waals surface area (Å²) in [5.74, 6) is -0.244. The minimum absolute atomic E-state index is 0.244. The average molecular weight is 1100 g/mol. The van der Waals surface area contributed by atoms with Crippen molar-refractivity contribution in [1.82, 2.24) is 4.57 Å². The van der Waals surface area contributed by atoms with E-state index in [1.165, 1.54) is 106 Å². The molecule has 0 spiro atoms. The van der Waals surface area contributed by atoms with Crippen LogP contribution in [-0.2, 0) is 11.8 Å². The highest BCUT2D eigenvalue weighted by atomic mass is 19.1. The van der Waals surface area contributed by atoms with Crippen LogP contribution in [-0.4, -0.2) is 4.57 Å². The van der Waals surface area contributed by atoms with Gasteiger partial charge in [-0.25, -0.2) is 4.39 Å². The van der Waals surface area contributed by atoms with E-state index >= 15 is 0 Å². The first-order valence-electron chi connectivity index (χ1n) is 29.5. The van der Waals surface area contributed by atoms with Gasteiger partial charge in [-0.1, -0.05) is 213 Å². The molecule has 1 atom stereocenters.